The first-order valence-corrected chi connectivity index (χ1v) is 9.87. The van der Waals surface area contributed by atoms with E-state index in [0.717, 1.165) is 29.4 Å². The van der Waals surface area contributed by atoms with Crippen LogP contribution in [0.4, 0.5) is 0 Å². The number of carboxylic acid groups (broad SMARTS) is 1. The molecule has 1 aromatic heterocycles. The number of nitrogens with zero attached hydrogens (tertiary/aromatic N) is 2. The van der Waals surface area contributed by atoms with Crippen LogP contribution in [0.1, 0.15) is 55.1 Å². The van der Waals surface area contributed by atoms with Gasteiger partial charge in [0.1, 0.15) is 5.75 Å². The predicted octanol–water partition coefficient (Wildman–Crippen LogP) is 3.69. The molecular weight excluding hydrogens is 356 g/mol. The van der Waals surface area contributed by atoms with Crippen LogP contribution in [0.5, 0.6) is 5.75 Å². The second-order valence-corrected chi connectivity index (χ2v) is 8.34. The molecule has 4 rings (SSSR count). The van der Waals surface area contributed by atoms with Crippen LogP contribution >= 0.6 is 0 Å². The van der Waals surface area contributed by atoms with Crippen molar-refractivity contribution in [2.45, 2.75) is 39.0 Å². The molecule has 2 heterocycles. The summed E-state index contributed by atoms with van der Waals surface area (Å²) in [5.74, 6) is 0.111. The molecule has 1 unspecified atom stereocenters. The minimum absolute atomic E-state index is 0.0425. The lowest BCUT2D eigenvalue weighted by molar-refractivity contribution is -0.150. The summed E-state index contributed by atoms with van der Waals surface area (Å²) in [6.07, 6.45) is 2.68. The topological polar surface area (TPSA) is 79.7 Å². The molecule has 0 spiro atoms. The highest BCUT2D eigenvalue weighted by Gasteiger charge is 2.48. The number of hydrogen-bond acceptors (Lipinski definition) is 4. The number of carbonyl (C=O) groups is 2. The zero-order valence-electron chi connectivity index (χ0n) is 16.6. The van der Waals surface area contributed by atoms with Crippen LogP contribution in [0, 0.1) is 11.3 Å². The van der Waals surface area contributed by atoms with E-state index in [-0.39, 0.29) is 18.4 Å². The molecule has 1 saturated carbocycles. The Kier molecular flexibility index (Phi) is 4.52. The van der Waals surface area contributed by atoms with Gasteiger partial charge in [0, 0.05) is 30.1 Å². The van der Waals surface area contributed by atoms with Crippen molar-refractivity contribution in [2.24, 2.45) is 11.3 Å². The van der Waals surface area contributed by atoms with Crippen molar-refractivity contribution in [1.29, 1.82) is 0 Å². The molecule has 2 aromatic rings. The average molecular weight is 382 g/mol. The first-order chi connectivity index (χ1) is 13.4. The highest BCUT2D eigenvalue weighted by Crippen LogP contribution is 2.42. The van der Waals surface area contributed by atoms with E-state index in [1.807, 2.05) is 38.1 Å². The summed E-state index contributed by atoms with van der Waals surface area (Å²) >= 11 is 0. The van der Waals surface area contributed by atoms with Crippen molar-refractivity contribution in [3.05, 3.63) is 35.5 Å². The van der Waals surface area contributed by atoms with E-state index >= 15 is 0 Å². The number of benzene rings is 1. The van der Waals surface area contributed by atoms with Crippen molar-refractivity contribution in [2.75, 3.05) is 20.2 Å². The maximum atomic E-state index is 13.5. The third kappa shape index (κ3) is 3.01. The van der Waals surface area contributed by atoms with Gasteiger partial charge in [0.25, 0.3) is 5.91 Å². The van der Waals surface area contributed by atoms with E-state index < -0.39 is 11.4 Å². The van der Waals surface area contributed by atoms with Crippen LogP contribution in [-0.2, 0) is 4.79 Å². The zero-order chi connectivity index (χ0) is 20.1. The number of rotatable bonds is 5. The molecule has 1 aliphatic heterocycles. The molecule has 1 aromatic carbocycles. The lowest BCUT2D eigenvalue weighted by Gasteiger charge is -2.28. The van der Waals surface area contributed by atoms with E-state index in [1.165, 1.54) is 0 Å². The normalized spacial score (nSPS) is 22.1. The zero-order valence-corrected chi connectivity index (χ0v) is 16.6. The summed E-state index contributed by atoms with van der Waals surface area (Å²) in [5, 5.41) is 10.6. The lowest BCUT2D eigenvalue weighted by Crippen LogP contribution is -2.40. The molecule has 2 aliphatic rings. The van der Waals surface area contributed by atoms with Crippen molar-refractivity contribution >= 4 is 22.8 Å². The van der Waals surface area contributed by atoms with E-state index in [4.69, 9.17) is 9.72 Å². The molecule has 6 nitrogen and oxygen atoms in total. The molecule has 1 amide bonds. The summed E-state index contributed by atoms with van der Waals surface area (Å²) < 4.78 is 5.34. The van der Waals surface area contributed by atoms with E-state index in [1.54, 1.807) is 12.0 Å². The Balaban J connectivity index is 1.75. The van der Waals surface area contributed by atoms with Crippen molar-refractivity contribution in [3.8, 4) is 5.75 Å². The number of fused-ring (bicyclic) bond motifs is 1. The minimum Gasteiger partial charge on any atom is -0.497 e. The van der Waals surface area contributed by atoms with Crippen molar-refractivity contribution < 1.29 is 19.4 Å². The number of aromatic nitrogens is 1. The number of carboxylic acids is 1. The number of likely N-dealkylation sites (tertiary alicyclic amines) is 1. The Bertz CT molecular complexity index is 951. The fraction of sp³-hybridized carbons (Fsp3) is 0.500. The van der Waals surface area contributed by atoms with E-state index in [0.29, 0.717) is 30.2 Å². The molecule has 1 N–H and O–H groups in total. The molecular formula is C22H26N2O4. The maximum Gasteiger partial charge on any atom is 0.311 e. The molecule has 148 valence electrons. The SMILES string of the molecule is COc1ccc2nc(C3CC3)cc(C(=O)N3CCC(C(=O)O)(C(C)C)C3)c2c1. The van der Waals surface area contributed by atoms with Crippen molar-refractivity contribution in [3.63, 3.8) is 0 Å². The van der Waals surface area contributed by atoms with Crippen molar-refractivity contribution in [1.82, 2.24) is 9.88 Å². The van der Waals surface area contributed by atoms with Crippen LogP contribution in [0.2, 0.25) is 0 Å². The molecule has 6 heteroatoms. The summed E-state index contributed by atoms with van der Waals surface area (Å²) in [5.41, 5.74) is 1.45. The minimum atomic E-state index is -0.879. The second kappa shape index (κ2) is 6.76. The third-order valence-electron chi connectivity index (χ3n) is 6.38. The summed E-state index contributed by atoms with van der Waals surface area (Å²) in [6, 6.07) is 7.48. The van der Waals surface area contributed by atoms with Crippen LogP contribution in [-0.4, -0.2) is 47.1 Å². The van der Waals surface area contributed by atoms with Crippen LogP contribution in [0.15, 0.2) is 24.3 Å². The van der Waals surface area contributed by atoms with Gasteiger partial charge < -0.3 is 14.7 Å². The number of hydrogen-bond donors (Lipinski definition) is 1. The standard InChI is InChI=1S/C22H26N2O4/c1-13(2)22(21(26)27)8-9-24(12-22)20(25)17-11-19(14-4-5-14)23-18-7-6-15(28-3)10-16(17)18/h6-7,10-11,13-14H,4-5,8-9,12H2,1-3H3,(H,26,27). The lowest BCUT2D eigenvalue weighted by atomic mass is 9.76. The molecule has 1 saturated heterocycles. The number of ether oxygens (including phenoxy) is 1. The predicted molar refractivity (Wildman–Crippen MR) is 106 cm³/mol. The summed E-state index contributed by atoms with van der Waals surface area (Å²) in [7, 11) is 1.60. The van der Waals surface area contributed by atoms with Gasteiger partial charge in [0.15, 0.2) is 0 Å². The molecule has 1 atom stereocenters. The molecule has 1 aliphatic carbocycles. The number of pyridine rings is 1. The Morgan fingerprint density at radius 3 is 2.61 bits per heavy atom. The average Bonchev–Trinajstić information content (AvgIpc) is 3.43. The fourth-order valence-corrected chi connectivity index (χ4v) is 4.19. The van der Waals surface area contributed by atoms with Gasteiger partial charge >= 0.3 is 5.97 Å². The highest BCUT2D eigenvalue weighted by molar-refractivity contribution is 6.07. The summed E-state index contributed by atoms with van der Waals surface area (Å²) in [4.78, 5) is 31.8. The maximum absolute atomic E-state index is 13.5. The Morgan fingerprint density at radius 1 is 1.29 bits per heavy atom. The first-order valence-electron chi connectivity index (χ1n) is 9.87. The van der Waals surface area contributed by atoms with Crippen LogP contribution in [0.3, 0.4) is 0 Å². The van der Waals surface area contributed by atoms with E-state index in [2.05, 4.69) is 0 Å². The summed E-state index contributed by atoms with van der Waals surface area (Å²) in [6.45, 7) is 4.53. The molecule has 0 bridgehead atoms. The van der Waals surface area contributed by atoms with Crippen LogP contribution < -0.4 is 4.74 Å². The van der Waals surface area contributed by atoms with Gasteiger partial charge in [0.2, 0.25) is 0 Å². The highest BCUT2D eigenvalue weighted by atomic mass is 16.5. The van der Waals surface area contributed by atoms with Gasteiger partial charge in [-0.15, -0.1) is 0 Å². The van der Waals surface area contributed by atoms with E-state index in [9.17, 15) is 14.7 Å². The van der Waals surface area contributed by atoms with Gasteiger partial charge in [-0.25, -0.2) is 0 Å². The molecule has 2 fully saturated rings. The largest absolute Gasteiger partial charge is 0.497 e. The monoisotopic (exact) mass is 382 g/mol. The first kappa shape index (κ1) is 18.7. The Morgan fingerprint density at radius 2 is 2.04 bits per heavy atom. The second-order valence-electron chi connectivity index (χ2n) is 8.34. The number of methoxy groups -OCH3 is 1. The number of aliphatic carboxylic acids is 1. The van der Waals surface area contributed by atoms with Gasteiger partial charge in [-0.2, -0.15) is 0 Å². The van der Waals surface area contributed by atoms with Gasteiger partial charge in [-0.3, -0.25) is 14.6 Å². The molecule has 28 heavy (non-hydrogen) atoms. The quantitative estimate of drug-likeness (QED) is 0.853. The Hall–Kier alpha value is -2.63. The third-order valence-corrected chi connectivity index (χ3v) is 6.38. The number of carbonyl (C=O) groups excluding carboxylic acids is 1. The van der Waals surface area contributed by atoms with Gasteiger partial charge in [-0.05, 0) is 49.4 Å². The smallest absolute Gasteiger partial charge is 0.311 e. The van der Waals surface area contributed by atoms with Crippen LogP contribution in [0.25, 0.3) is 10.9 Å². The van der Waals surface area contributed by atoms with Gasteiger partial charge in [0.05, 0.1) is 23.6 Å². The fourth-order valence-electron chi connectivity index (χ4n) is 4.19. The number of amides is 1. The Labute approximate surface area is 164 Å². The van der Waals surface area contributed by atoms with Gasteiger partial charge in [-0.1, -0.05) is 13.8 Å². The molecule has 0 radical (unpaired) electrons.